The van der Waals surface area contributed by atoms with Crippen LogP contribution in [0.3, 0.4) is 0 Å². The van der Waals surface area contributed by atoms with Gasteiger partial charge in [0, 0.05) is 35.2 Å². The maximum absolute atomic E-state index is 3.81. The van der Waals surface area contributed by atoms with Gasteiger partial charge in [-0.3, -0.25) is 4.90 Å². The molecule has 1 heterocycles. The van der Waals surface area contributed by atoms with Gasteiger partial charge in [-0.15, -0.1) is 0 Å². The maximum atomic E-state index is 3.81. The van der Waals surface area contributed by atoms with Crippen LogP contribution < -0.4 is 5.32 Å². The fourth-order valence-electron chi connectivity index (χ4n) is 3.36. The standard InChI is InChI=1S/C16H23BrN2/c1-11-9-13(10-19(11)14-7-8-14)18-12(2)15-5-3-4-6-16(15)17/h3-6,11-14,18H,7-10H2,1-2H3/t11?,12-,13?/m1/s1. The van der Waals surface area contributed by atoms with E-state index in [0.717, 1.165) is 12.1 Å². The minimum atomic E-state index is 0.409. The van der Waals surface area contributed by atoms with E-state index in [1.54, 1.807) is 0 Å². The summed E-state index contributed by atoms with van der Waals surface area (Å²) >= 11 is 3.65. The zero-order valence-corrected chi connectivity index (χ0v) is 13.4. The normalized spacial score (nSPS) is 29.6. The minimum Gasteiger partial charge on any atom is -0.306 e. The first-order chi connectivity index (χ1) is 9.15. The molecule has 2 nitrogen and oxygen atoms in total. The summed E-state index contributed by atoms with van der Waals surface area (Å²) in [6, 6.07) is 11.2. The van der Waals surface area contributed by atoms with E-state index in [2.05, 4.69) is 64.3 Å². The largest absolute Gasteiger partial charge is 0.306 e. The van der Waals surface area contributed by atoms with E-state index in [-0.39, 0.29) is 0 Å². The Balaban J connectivity index is 1.61. The van der Waals surface area contributed by atoms with Crippen molar-refractivity contribution in [3.8, 4) is 0 Å². The molecule has 104 valence electrons. The van der Waals surface area contributed by atoms with Gasteiger partial charge in [-0.1, -0.05) is 34.1 Å². The van der Waals surface area contributed by atoms with Gasteiger partial charge in [-0.25, -0.2) is 0 Å². The van der Waals surface area contributed by atoms with E-state index in [1.165, 1.54) is 35.8 Å². The molecule has 1 aromatic carbocycles. The first-order valence-corrected chi connectivity index (χ1v) is 8.20. The first-order valence-electron chi connectivity index (χ1n) is 7.41. The lowest BCUT2D eigenvalue weighted by Gasteiger charge is -2.22. The molecule has 2 unspecified atom stereocenters. The van der Waals surface area contributed by atoms with Gasteiger partial charge in [-0.2, -0.15) is 0 Å². The Hall–Kier alpha value is -0.380. The Morgan fingerprint density at radius 1 is 1.32 bits per heavy atom. The van der Waals surface area contributed by atoms with E-state index >= 15 is 0 Å². The highest BCUT2D eigenvalue weighted by Gasteiger charge is 2.38. The summed E-state index contributed by atoms with van der Waals surface area (Å²) in [5.74, 6) is 0. The van der Waals surface area contributed by atoms with Gasteiger partial charge in [0.05, 0.1) is 0 Å². The van der Waals surface area contributed by atoms with Crippen LogP contribution in [0.1, 0.15) is 44.7 Å². The van der Waals surface area contributed by atoms with Crippen LogP contribution in [0.4, 0.5) is 0 Å². The summed E-state index contributed by atoms with van der Waals surface area (Å²) in [7, 11) is 0. The number of nitrogens with one attached hydrogen (secondary N) is 1. The highest BCUT2D eigenvalue weighted by atomic mass is 79.9. The number of hydrogen-bond donors (Lipinski definition) is 1. The molecule has 19 heavy (non-hydrogen) atoms. The lowest BCUT2D eigenvalue weighted by Crippen LogP contribution is -2.35. The molecule has 2 aliphatic rings. The van der Waals surface area contributed by atoms with Crippen LogP contribution >= 0.6 is 15.9 Å². The third-order valence-electron chi connectivity index (χ3n) is 4.50. The summed E-state index contributed by atoms with van der Waals surface area (Å²) in [6.45, 7) is 5.87. The molecule has 0 aromatic heterocycles. The molecule has 0 spiro atoms. The van der Waals surface area contributed by atoms with Crippen LogP contribution in [0, 0.1) is 0 Å². The second kappa shape index (κ2) is 5.55. The average molecular weight is 323 g/mol. The number of rotatable bonds is 4. The zero-order chi connectivity index (χ0) is 13.4. The summed E-state index contributed by atoms with van der Waals surface area (Å²) in [5, 5.41) is 3.81. The molecule has 0 amide bonds. The van der Waals surface area contributed by atoms with Crippen molar-refractivity contribution in [1.29, 1.82) is 0 Å². The van der Waals surface area contributed by atoms with Crippen LogP contribution in [-0.4, -0.2) is 29.6 Å². The second-order valence-electron chi connectivity index (χ2n) is 6.12. The predicted octanol–water partition coefficient (Wildman–Crippen LogP) is 3.72. The first kappa shape index (κ1) is 13.6. The van der Waals surface area contributed by atoms with Crippen LogP contribution in [0.2, 0.25) is 0 Å². The van der Waals surface area contributed by atoms with E-state index in [0.29, 0.717) is 12.1 Å². The molecule has 3 heteroatoms. The number of halogens is 1. The van der Waals surface area contributed by atoms with Gasteiger partial charge in [0.1, 0.15) is 0 Å². The number of hydrogen-bond acceptors (Lipinski definition) is 2. The lowest BCUT2D eigenvalue weighted by molar-refractivity contribution is 0.254. The molecule has 3 rings (SSSR count). The Labute approximate surface area is 124 Å². The van der Waals surface area contributed by atoms with Gasteiger partial charge >= 0.3 is 0 Å². The highest BCUT2D eigenvalue weighted by molar-refractivity contribution is 9.10. The summed E-state index contributed by atoms with van der Waals surface area (Å²) in [5.41, 5.74) is 1.36. The van der Waals surface area contributed by atoms with Crippen molar-refractivity contribution in [2.75, 3.05) is 6.54 Å². The van der Waals surface area contributed by atoms with Crippen molar-refractivity contribution in [1.82, 2.24) is 10.2 Å². The SMILES string of the molecule is CC1CC(N[C@H](C)c2ccccc2Br)CN1C1CC1. The highest BCUT2D eigenvalue weighted by Crippen LogP contribution is 2.34. The van der Waals surface area contributed by atoms with Crippen LogP contribution in [0.25, 0.3) is 0 Å². The molecule has 1 aliphatic heterocycles. The monoisotopic (exact) mass is 322 g/mol. The van der Waals surface area contributed by atoms with Crippen molar-refractivity contribution in [3.63, 3.8) is 0 Å². The summed E-state index contributed by atoms with van der Waals surface area (Å²) < 4.78 is 1.21. The molecular weight excluding hydrogens is 300 g/mol. The van der Waals surface area contributed by atoms with Crippen LogP contribution in [0.15, 0.2) is 28.7 Å². The second-order valence-corrected chi connectivity index (χ2v) is 6.97. The third kappa shape index (κ3) is 3.04. The van der Waals surface area contributed by atoms with Gasteiger partial charge in [0.15, 0.2) is 0 Å². The smallest absolute Gasteiger partial charge is 0.0306 e. The van der Waals surface area contributed by atoms with Crippen molar-refractivity contribution in [3.05, 3.63) is 34.3 Å². The van der Waals surface area contributed by atoms with E-state index < -0.39 is 0 Å². The molecule has 0 radical (unpaired) electrons. The number of nitrogens with zero attached hydrogens (tertiary/aromatic N) is 1. The fraction of sp³-hybridized carbons (Fsp3) is 0.625. The van der Waals surface area contributed by atoms with Crippen molar-refractivity contribution < 1.29 is 0 Å². The Morgan fingerprint density at radius 3 is 2.74 bits per heavy atom. The van der Waals surface area contributed by atoms with E-state index in [9.17, 15) is 0 Å². The maximum Gasteiger partial charge on any atom is 0.0306 e. The van der Waals surface area contributed by atoms with Gasteiger partial charge in [0.2, 0.25) is 0 Å². The molecule has 1 aromatic rings. The van der Waals surface area contributed by atoms with E-state index in [4.69, 9.17) is 0 Å². The lowest BCUT2D eigenvalue weighted by atomic mass is 10.1. The summed E-state index contributed by atoms with van der Waals surface area (Å²) in [6.07, 6.45) is 4.11. The van der Waals surface area contributed by atoms with Gasteiger partial charge in [0.25, 0.3) is 0 Å². The Kier molecular flexibility index (Phi) is 3.97. The van der Waals surface area contributed by atoms with Crippen molar-refractivity contribution >= 4 is 15.9 Å². The predicted molar refractivity (Wildman–Crippen MR) is 83.3 cm³/mol. The van der Waals surface area contributed by atoms with Gasteiger partial charge < -0.3 is 5.32 Å². The van der Waals surface area contributed by atoms with E-state index in [1.807, 2.05) is 0 Å². The fourth-order valence-corrected chi connectivity index (χ4v) is 3.99. The summed E-state index contributed by atoms with van der Waals surface area (Å²) in [4.78, 5) is 2.70. The van der Waals surface area contributed by atoms with Crippen molar-refractivity contribution in [2.24, 2.45) is 0 Å². The quantitative estimate of drug-likeness (QED) is 0.908. The van der Waals surface area contributed by atoms with Gasteiger partial charge in [-0.05, 0) is 44.7 Å². The molecule has 3 atom stereocenters. The van der Waals surface area contributed by atoms with Crippen LogP contribution in [-0.2, 0) is 0 Å². The number of likely N-dealkylation sites (tertiary alicyclic amines) is 1. The minimum absolute atomic E-state index is 0.409. The average Bonchev–Trinajstić information content (AvgIpc) is 3.15. The zero-order valence-electron chi connectivity index (χ0n) is 11.8. The van der Waals surface area contributed by atoms with Crippen molar-refractivity contribution in [2.45, 2.75) is 57.3 Å². The topological polar surface area (TPSA) is 15.3 Å². The molecular formula is C16H23BrN2. The third-order valence-corrected chi connectivity index (χ3v) is 5.22. The molecule has 1 saturated carbocycles. The Morgan fingerprint density at radius 2 is 2.05 bits per heavy atom. The molecule has 2 fully saturated rings. The number of benzene rings is 1. The molecule has 1 saturated heterocycles. The molecule has 1 aliphatic carbocycles. The molecule has 0 bridgehead atoms. The molecule has 1 N–H and O–H groups in total. The Bertz CT molecular complexity index is 444. The van der Waals surface area contributed by atoms with Crippen LogP contribution in [0.5, 0.6) is 0 Å².